The van der Waals surface area contributed by atoms with Crippen LogP contribution in [-0.4, -0.2) is 28.5 Å². The van der Waals surface area contributed by atoms with E-state index in [0.29, 0.717) is 23.3 Å². The fourth-order valence-electron chi connectivity index (χ4n) is 1.69. The van der Waals surface area contributed by atoms with Crippen LogP contribution in [0.2, 0.25) is 0 Å². The van der Waals surface area contributed by atoms with E-state index in [9.17, 15) is 10.1 Å². The standard InChI is InChI=1S/C11H12N4O2/c1-3-14(2)11-9(15(16)17)5-4-8-10(11)13-7-6-12-8/h4-7H,3H2,1-2H3. The van der Waals surface area contributed by atoms with Gasteiger partial charge in [0.2, 0.25) is 0 Å². The van der Waals surface area contributed by atoms with E-state index in [1.807, 2.05) is 6.92 Å². The van der Waals surface area contributed by atoms with Gasteiger partial charge in [0, 0.05) is 32.1 Å². The number of nitrogens with zero attached hydrogens (tertiary/aromatic N) is 4. The Bertz CT molecular complexity index is 570. The topological polar surface area (TPSA) is 72.2 Å². The van der Waals surface area contributed by atoms with Crippen molar-refractivity contribution < 1.29 is 4.92 Å². The normalized spacial score (nSPS) is 10.5. The molecule has 0 fully saturated rings. The predicted molar refractivity (Wildman–Crippen MR) is 65.1 cm³/mol. The van der Waals surface area contributed by atoms with Gasteiger partial charge in [-0.15, -0.1) is 0 Å². The molecular weight excluding hydrogens is 220 g/mol. The second-order valence-electron chi connectivity index (χ2n) is 3.63. The Morgan fingerprint density at radius 3 is 2.71 bits per heavy atom. The molecule has 0 aliphatic heterocycles. The molecule has 88 valence electrons. The van der Waals surface area contributed by atoms with Crippen LogP contribution < -0.4 is 4.90 Å². The van der Waals surface area contributed by atoms with Gasteiger partial charge in [-0.25, -0.2) is 0 Å². The van der Waals surface area contributed by atoms with Crippen LogP contribution in [-0.2, 0) is 0 Å². The van der Waals surface area contributed by atoms with E-state index < -0.39 is 4.92 Å². The first-order valence-electron chi connectivity index (χ1n) is 5.24. The molecule has 0 saturated heterocycles. The van der Waals surface area contributed by atoms with E-state index in [0.717, 1.165) is 0 Å². The van der Waals surface area contributed by atoms with Gasteiger partial charge < -0.3 is 4.90 Å². The van der Waals surface area contributed by atoms with Crippen LogP contribution in [0.25, 0.3) is 11.0 Å². The molecule has 0 atom stereocenters. The molecule has 17 heavy (non-hydrogen) atoms. The molecular formula is C11H12N4O2. The van der Waals surface area contributed by atoms with Gasteiger partial charge in [-0.1, -0.05) is 0 Å². The zero-order valence-corrected chi connectivity index (χ0v) is 9.62. The lowest BCUT2D eigenvalue weighted by Gasteiger charge is -2.17. The van der Waals surface area contributed by atoms with Crippen molar-refractivity contribution in [2.45, 2.75) is 6.92 Å². The first-order valence-corrected chi connectivity index (χ1v) is 5.24. The molecule has 6 nitrogen and oxygen atoms in total. The highest BCUT2D eigenvalue weighted by Gasteiger charge is 2.20. The molecule has 0 unspecified atom stereocenters. The fraction of sp³-hybridized carbons (Fsp3) is 0.273. The maximum atomic E-state index is 11.0. The molecule has 1 heterocycles. The minimum Gasteiger partial charge on any atom is -0.367 e. The summed E-state index contributed by atoms with van der Waals surface area (Å²) in [5, 5.41) is 11.0. The van der Waals surface area contributed by atoms with Gasteiger partial charge in [0.1, 0.15) is 11.2 Å². The number of hydrogen-bond donors (Lipinski definition) is 0. The lowest BCUT2D eigenvalue weighted by atomic mass is 10.2. The van der Waals surface area contributed by atoms with Gasteiger partial charge in [0.05, 0.1) is 10.4 Å². The molecule has 1 aromatic heterocycles. The van der Waals surface area contributed by atoms with Gasteiger partial charge in [-0.05, 0) is 13.0 Å². The average Bonchev–Trinajstić information content (AvgIpc) is 2.36. The smallest absolute Gasteiger partial charge is 0.294 e. The molecule has 2 aromatic rings. The van der Waals surface area contributed by atoms with Crippen molar-refractivity contribution in [2.75, 3.05) is 18.5 Å². The number of benzene rings is 1. The molecule has 0 saturated carbocycles. The van der Waals surface area contributed by atoms with Gasteiger partial charge in [0.25, 0.3) is 5.69 Å². The Hall–Kier alpha value is -2.24. The molecule has 0 bridgehead atoms. The van der Waals surface area contributed by atoms with E-state index in [1.165, 1.54) is 6.07 Å². The number of fused-ring (bicyclic) bond motifs is 1. The summed E-state index contributed by atoms with van der Waals surface area (Å²) in [7, 11) is 1.80. The van der Waals surface area contributed by atoms with E-state index in [-0.39, 0.29) is 5.69 Å². The molecule has 0 radical (unpaired) electrons. The Kier molecular flexibility index (Phi) is 2.86. The van der Waals surface area contributed by atoms with Crippen molar-refractivity contribution in [3.8, 4) is 0 Å². The molecule has 0 aliphatic rings. The highest BCUT2D eigenvalue weighted by molar-refractivity contribution is 5.93. The van der Waals surface area contributed by atoms with Crippen molar-refractivity contribution in [1.82, 2.24) is 9.97 Å². The van der Waals surface area contributed by atoms with E-state index in [1.54, 1.807) is 30.4 Å². The number of hydrogen-bond acceptors (Lipinski definition) is 5. The van der Waals surface area contributed by atoms with Crippen LogP contribution in [0.15, 0.2) is 24.5 Å². The van der Waals surface area contributed by atoms with E-state index in [4.69, 9.17) is 0 Å². The Morgan fingerprint density at radius 1 is 1.35 bits per heavy atom. The highest BCUT2D eigenvalue weighted by Crippen LogP contribution is 2.33. The van der Waals surface area contributed by atoms with E-state index >= 15 is 0 Å². The van der Waals surface area contributed by atoms with Gasteiger partial charge >= 0.3 is 0 Å². The third kappa shape index (κ3) is 1.89. The largest absolute Gasteiger partial charge is 0.367 e. The number of aromatic nitrogens is 2. The first-order chi connectivity index (χ1) is 8.15. The van der Waals surface area contributed by atoms with Crippen molar-refractivity contribution in [1.29, 1.82) is 0 Å². The van der Waals surface area contributed by atoms with Gasteiger partial charge in [-0.3, -0.25) is 20.1 Å². The van der Waals surface area contributed by atoms with Crippen molar-refractivity contribution in [3.63, 3.8) is 0 Å². The Balaban J connectivity index is 2.79. The van der Waals surface area contributed by atoms with Crippen molar-refractivity contribution in [2.24, 2.45) is 0 Å². The SMILES string of the molecule is CCN(C)c1c([N+](=O)[O-])ccc2nccnc12. The first kappa shape index (κ1) is 11.3. The monoisotopic (exact) mass is 232 g/mol. The number of nitro benzene ring substituents is 1. The molecule has 0 spiro atoms. The third-order valence-electron chi connectivity index (χ3n) is 2.65. The quantitative estimate of drug-likeness (QED) is 0.597. The Morgan fingerprint density at radius 2 is 2.06 bits per heavy atom. The molecule has 0 aliphatic carbocycles. The van der Waals surface area contributed by atoms with Gasteiger partial charge in [0.15, 0.2) is 0 Å². The summed E-state index contributed by atoms with van der Waals surface area (Å²) in [6, 6.07) is 3.09. The minimum absolute atomic E-state index is 0.0577. The second-order valence-corrected chi connectivity index (χ2v) is 3.63. The molecule has 1 aromatic carbocycles. The number of rotatable bonds is 3. The van der Waals surface area contributed by atoms with Crippen LogP contribution in [0.3, 0.4) is 0 Å². The second kappa shape index (κ2) is 4.32. The highest BCUT2D eigenvalue weighted by atomic mass is 16.6. The van der Waals surface area contributed by atoms with Crippen LogP contribution in [0, 0.1) is 10.1 Å². The molecule has 0 N–H and O–H groups in total. The molecule has 0 amide bonds. The van der Waals surface area contributed by atoms with E-state index in [2.05, 4.69) is 9.97 Å². The van der Waals surface area contributed by atoms with Crippen LogP contribution in [0.1, 0.15) is 6.92 Å². The van der Waals surface area contributed by atoms with Crippen molar-refractivity contribution >= 4 is 22.4 Å². The summed E-state index contributed by atoms with van der Waals surface area (Å²) in [5.74, 6) is 0. The lowest BCUT2D eigenvalue weighted by molar-refractivity contribution is -0.384. The summed E-state index contributed by atoms with van der Waals surface area (Å²) in [6.07, 6.45) is 3.11. The maximum Gasteiger partial charge on any atom is 0.294 e. The summed E-state index contributed by atoms with van der Waals surface area (Å²) in [4.78, 5) is 20.8. The maximum absolute atomic E-state index is 11.0. The van der Waals surface area contributed by atoms with Crippen LogP contribution in [0.4, 0.5) is 11.4 Å². The summed E-state index contributed by atoms with van der Waals surface area (Å²) >= 11 is 0. The predicted octanol–water partition coefficient (Wildman–Crippen LogP) is 1.99. The zero-order valence-electron chi connectivity index (χ0n) is 9.62. The summed E-state index contributed by atoms with van der Waals surface area (Å²) in [6.45, 7) is 2.59. The molecule has 6 heteroatoms. The summed E-state index contributed by atoms with van der Waals surface area (Å²) in [5.41, 5.74) is 1.80. The van der Waals surface area contributed by atoms with Crippen LogP contribution >= 0.6 is 0 Å². The average molecular weight is 232 g/mol. The number of anilines is 1. The minimum atomic E-state index is -0.393. The number of nitro groups is 1. The van der Waals surface area contributed by atoms with Crippen LogP contribution in [0.5, 0.6) is 0 Å². The lowest BCUT2D eigenvalue weighted by Crippen LogP contribution is -2.18. The Labute approximate surface area is 98.1 Å². The molecule has 2 rings (SSSR count). The fourth-order valence-corrected chi connectivity index (χ4v) is 1.69. The van der Waals surface area contributed by atoms with Gasteiger partial charge in [-0.2, -0.15) is 0 Å². The summed E-state index contributed by atoms with van der Waals surface area (Å²) < 4.78 is 0. The van der Waals surface area contributed by atoms with Crippen molar-refractivity contribution in [3.05, 3.63) is 34.6 Å². The zero-order chi connectivity index (χ0) is 12.4. The third-order valence-corrected chi connectivity index (χ3v) is 2.65.